The zero-order chi connectivity index (χ0) is 37.8. The maximum Gasteiger partial charge on any atom is 0.263 e. The largest absolute Gasteiger partial charge is 0.317 e. The molecule has 2 aromatic carbocycles. The predicted octanol–water partition coefficient (Wildman–Crippen LogP) is 8.38. The molecule has 0 saturated heterocycles. The third kappa shape index (κ3) is 7.11. The van der Waals surface area contributed by atoms with Crippen molar-refractivity contribution < 1.29 is 22.4 Å². The third-order valence-corrected chi connectivity index (χ3v) is 12.7. The van der Waals surface area contributed by atoms with Gasteiger partial charge >= 0.3 is 0 Å². The van der Waals surface area contributed by atoms with Crippen LogP contribution in [-0.2, 0) is 19.6 Å². The monoisotopic (exact) mass is 789 g/mol. The Kier molecular flexibility index (Phi) is 8.75. The Bertz CT molecular complexity index is 2770. The Hall–Kier alpha value is -5.83. The molecule has 3 N–H and O–H groups in total. The van der Waals surface area contributed by atoms with Gasteiger partial charge in [-0.05, 0) is 90.4 Å². The van der Waals surface area contributed by atoms with Gasteiger partial charge in [0.1, 0.15) is 17.5 Å². The van der Waals surface area contributed by atoms with Crippen LogP contribution in [0.5, 0.6) is 0 Å². The molecule has 5 heterocycles. The van der Waals surface area contributed by atoms with E-state index in [-0.39, 0.29) is 46.2 Å². The normalized spacial score (nSPS) is 18.9. The molecule has 55 heavy (non-hydrogen) atoms. The van der Waals surface area contributed by atoms with Crippen LogP contribution in [0.1, 0.15) is 35.8 Å². The summed E-state index contributed by atoms with van der Waals surface area (Å²) in [5.74, 6) is -0.684. The van der Waals surface area contributed by atoms with E-state index in [0.29, 0.717) is 28.0 Å². The number of carbonyl (C=O) groups excluding carboxylic acids is 2. The van der Waals surface area contributed by atoms with Crippen LogP contribution in [-0.4, -0.2) is 40.2 Å². The summed E-state index contributed by atoms with van der Waals surface area (Å²) in [6.45, 7) is 0. The first kappa shape index (κ1) is 34.9. The van der Waals surface area contributed by atoms with Crippen LogP contribution in [0.4, 0.5) is 21.0 Å². The summed E-state index contributed by atoms with van der Waals surface area (Å²) in [4.78, 5) is 43.5. The van der Waals surface area contributed by atoms with Gasteiger partial charge in [0.15, 0.2) is 0 Å². The molecular formula is C40H29ClFN7O4S2. The number of rotatable bonds is 10. The molecule has 4 unspecified atom stereocenters. The number of thiophene rings is 1. The van der Waals surface area contributed by atoms with E-state index in [1.54, 1.807) is 36.8 Å². The number of halogens is 2. The van der Waals surface area contributed by atoms with Crippen LogP contribution in [0.2, 0.25) is 5.02 Å². The zero-order valence-corrected chi connectivity index (χ0v) is 31.0. The van der Waals surface area contributed by atoms with Crippen molar-refractivity contribution in [3.05, 3.63) is 132 Å². The van der Waals surface area contributed by atoms with Gasteiger partial charge in [0.2, 0.25) is 11.8 Å². The number of sulfonamides is 1. The summed E-state index contributed by atoms with van der Waals surface area (Å²) in [5.41, 5.74) is 4.09. The van der Waals surface area contributed by atoms with Crippen molar-refractivity contribution in [2.75, 3.05) is 15.4 Å². The van der Waals surface area contributed by atoms with Gasteiger partial charge in [-0.25, -0.2) is 22.8 Å². The summed E-state index contributed by atoms with van der Waals surface area (Å²) in [5, 5.41) is 8.78. The molecule has 0 aliphatic heterocycles. The molecule has 2 aliphatic carbocycles. The van der Waals surface area contributed by atoms with E-state index in [0.717, 1.165) is 56.4 Å². The molecule has 5 aromatic heterocycles. The number of aromatic nitrogens is 4. The van der Waals surface area contributed by atoms with E-state index in [2.05, 4.69) is 35.3 Å². The van der Waals surface area contributed by atoms with Crippen molar-refractivity contribution in [3.63, 3.8) is 0 Å². The van der Waals surface area contributed by atoms with Crippen molar-refractivity contribution in [3.8, 4) is 11.3 Å². The minimum absolute atomic E-state index is 0.00740. The molecular weight excluding hydrogens is 761 g/mol. The number of benzene rings is 2. The standard InChI is InChI=1S/C40H29ClFN7O4S2/c41-37-31-17-36(48-40(51)29-15-27(29)21-4-8-26(9-5-21)55(52,53)49-34-11-7-25(42)19-44-34)54-33(31)20-45-38(37)23-3-1-2-22(14-23)28-16-30(28)39(50)47-35-10-6-24-18-43-13-12-32(24)46-35/h1-14,17-20,27-30H,15-16H2,(H,44,49)(H,48,51)(H,46,47,50). The molecule has 7 aromatic rings. The smallest absolute Gasteiger partial charge is 0.263 e. The number of fused-ring (bicyclic) bond motifs is 2. The predicted molar refractivity (Wildman–Crippen MR) is 210 cm³/mol. The SMILES string of the molecule is O=C(Nc1ccc2cnccc2n1)C1CC1c1cccc(-c2ncc3sc(NC(=O)C4CC4c4ccc(S(=O)(=O)Nc5ccc(F)cn5)cc4)cc3c2Cl)c1. The Labute approximate surface area is 323 Å². The first-order valence-corrected chi connectivity index (χ1v) is 20.0. The van der Waals surface area contributed by atoms with Crippen molar-refractivity contribution in [2.45, 2.75) is 29.6 Å². The molecule has 11 nitrogen and oxygen atoms in total. The summed E-state index contributed by atoms with van der Waals surface area (Å²) in [6.07, 6.45) is 7.44. The van der Waals surface area contributed by atoms with E-state index >= 15 is 0 Å². The third-order valence-electron chi connectivity index (χ3n) is 9.93. The van der Waals surface area contributed by atoms with Gasteiger partial charge in [-0.3, -0.25) is 24.3 Å². The lowest BCUT2D eigenvalue weighted by Gasteiger charge is -2.08. The summed E-state index contributed by atoms with van der Waals surface area (Å²) in [7, 11) is -3.93. The van der Waals surface area contributed by atoms with Crippen LogP contribution in [0.3, 0.4) is 0 Å². The van der Waals surface area contributed by atoms with Crippen molar-refractivity contribution in [1.29, 1.82) is 0 Å². The maximum absolute atomic E-state index is 13.3. The second kappa shape index (κ2) is 13.8. The Morgan fingerprint density at radius 3 is 2.35 bits per heavy atom. The highest BCUT2D eigenvalue weighted by Crippen LogP contribution is 2.50. The molecule has 2 fully saturated rings. The fourth-order valence-corrected chi connectivity index (χ4v) is 9.18. The van der Waals surface area contributed by atoms with Gasteiger partial charge in [-0.15, -0.1) is 11.3 Å². The summed E-state index contributed by atoms with van der Waals surface area (Å²) >= 11 is 8.33. The van der Waals surface area contributed by atoms with Gasteiger partial charge in [-0.2, -0.15) is 0 Å². The van der Waals surface area contributed by atoms with Crippen molar-refractivity contribution in [1.82, 2.24) is 19.9 Å². The first-order chi connectivity index (χ1) is 26.6. The molecule has 274 valence electrons. The molecule has 9 rings (SSSR count). The van der Waals surface area contributed by atoms with E-state index in [9.17, 15) is 22.4 Å². The first-order valence-electron chi connectivity index (χ1n) is 17.3. The number of amides is 2. The second-order valence-corrected chi connectivity index (χ2v) is 16.8. The lowest BCUT2D eigenvalue weighted by molar-refractivity contribution is -0.118. The number of nitrogens with zero attached hydrogens (tertiary/aromatic N) is 4. The number of hydrogen-bond acceptors (Lipinski definition) is 9. The Morgan fingerprint density at radius 2 is 1.56 bits per heavy atom. The van der Waals surface area contributed by atoms with E-state index in [4.69, 9.17) is 11.6 Å². The molecule has 0 spiro atoms. The molecule has 15 heteroatoms. The van der Waals surface area contributed by atoms with Gasteiger partial charge < -0.3 is 10.6 Å². The average Bonchev–Trinajstić information content (AvgIpc) is 4.12. The fraction of sp³-hybridized carbons (Fsp3) is 0.150. The number of anilines is 3. The molecule has 2 saturated carbocycles. The topological polar surface area (TPSA) is 156 Å². The summed E-state index contributed by atoms with van der Waals surface area (Å²) < 4.78 is 41.9. The minimum Gasteiger partial charge on any atom is -0.317 e. The Balaban J connectivity index is 0.837. The number of carbonyl (C=O) groups is 2. The van der Waals surface area contributed by atoms with Crippen LogP contribution in [0.15, 0.2) is 115 Å². The quantitative estimate of drug-likeness (QED) is 0.125. The number of nitrogens with one attached hydrogen (secondary N) is 3. The van der Waals surface area contributed by atoms with Gasteiger partial charge in [0.05, 0.1) is 37.0 Å². The maximum atomic E-state index is 13.3. The molecule has 0 radical (unpaired) electrons. The zero-order valence-electron chi connectivity index (χ0n) is 28.6. The van der Waals surface area contributed by atoms with Gasteiger partial charge in [0, 0.05) is 46.8 Å². The average molecular weight is 790 g/mol. The highest BCUT2D eigenvalue weighted by molar-refractivity contribution is 7.92. The number of hydrogen-bond donors (Lipinski definition) is 3. The van der Waals surface area contributed by atoms with Crippen molar-refractivity contribution >= 4 is 82.4 Å². The van der Waals surface area contributed by atoms with E-state index < -0.39 is 15.8 Å². The fourth-order valence-electron chi connectivity index (χ4n) is 6.86. The lowest BCUT2D eigenvalue weighted by Crippen LogP contribution is -2.15. The van der Waals surface area contributed by atoms with Gasteiger partial charge in [0.25, 0.3) is 10.0 Å². The van der Waals surface area contributed by atoms with E-state index in [1.807, 2.05) is 42.5 Å². The van der Waals surface area contributed by atoms with Crippen LogP contribution in [0, 0.1) is 17.7 Å². The minimum atomic E-state index is -3.93. The highest BCUT2D eigenvalue weighted by Gasteiger charge is 2.45. The second-order valence-electron chi connectivity index (χ2n) is 13.6. The van der Waals surface area contributed by atoms with Crippen molar-refractivity contribution in [2.24, 2.45) is 11.8 Å². The summed E-state index contributed by atoms with van der Waals surface area (Å²) in [6, 6.07) is 24.0. The lowest BCUT2D eigenvalue weighted by atomic mass is 10.0. The van der Waals surface area contributed by atoms with Crippen LogP contribution >= 0.6 is 22.9 Å². The molecule has 2 aliphatic rings. The Morgan fingerprint density at radius 1 is 0.800 bits per heavy atom. The van der Waals surface area contributed by atoms with Gasteiger partial charge in [-0.1, -0.05) is 41.9 Å². The van der Waals surface area contributed by atoms with E-state index in [1.165, 1.54) is 29.5 Å². The highest BCUT2D eigenvalue weighted by atomic mass is 35.5. The molecule has 2 amide bonds. The molecule has 0 bridgehead atoms. The number of pyridine rings is 4. The van der Waals surface area contributed by atoms with Crippen LogP contribution < -0.4 is 15.4 Å². The molecule has 4 atom stereocenters. The van der Waals surface area contributed by atoms with Crippen LogP contribution in [0.25, 0.3) is 32.2 Å².